The Balaban J connectivity index is 2.87. The molecule has 1 aromatic heterocycles. The molecule has 0 aliphatic carbocycles. The number of phenols is 1. The Hall–Kier alpha value is -1.09. The van der Waals surface area contributed by atoms with Crippen LogP contribution in [-0.4, -0.2) is 9.48 Å². The van der Waals surface area contributed by atoms with Crippen LogP contribution in [0.1, 0.15) is 4.88 Å². The Morgan fingerprint density at radius 2 is 2.27 bits per heavy atom. The van der Waals surface area contributed by atoms with Gasteiger partial charge in [-0.2, -0.15) is 4.37 Å². The SMILES string of the molecule is Cc1snc2ccc(O)cc12. The van der Waals surface area contributed by atoms with Gasteiger partial charge in [-0.15, -0.1) is 0 Å². The summed E-state index contributed by atoms with van der Waals surface area (Å²) in [5.74, 6) is 0.306. The van der Waals surface area contributed by atoms with E-state index in [1.807, 2.05) is 13.0 Å². The van der Waals surface area contributed by atoms with Crippen molar-refractivity contribution >= 4 is 22.4 Å². The first-order valence-corrected chi connectivity index (χ1v) is 4.10. The van der Waals surface area contributed by atoms with Gasteiger partial charge in [-0.3, -0.25) is 0 Å². The molecule has 0 aliphatic heterocycles. The molecule has 1 aromatic carbocycles. The van der Waals surface area contributed by atoms with E-state index >= 15 is 0 Å². The number of phenolic OH excluding ortho intramolecular Hbond substituents is 1. The largest absolute Gasteiger partial charge is 0.508 e. The minimum atomic E-state index is 0.306. The third kappa shape index (κ3) is 0.973. The van der Waals surface area contributed by atoms with Gasteiger partial charge >= 0.3 is 0 Å². The molecule has 0 amide bonds. The number of aromatic nitrogens is 1. The van der Waals surface area contributed by atoms with Gasteiger partial charge in [-0.25, -0.2) is 0 Å². The third-order valence-electron chi connectivity index (χ3n) is 1.64. The number of hydrogen-bond acceptors (Lipinski definition) is 3. The average molecular weight is 165 g/mol. The lowest BCUT2D eigenvalue weighted by molar-refractivity contribution is 0.476. The van der Waals surface area contributed by atoms with E-state index in [1.54, 1.807) is 12.1 Å². The quantitative estimate of drug-likeness (QED) is 0.649. The molecule has 11 heavy (non-hydrogen) atoms. The van der Waals surface area contributed by atoms with Crippen LogP contribution >= 0.6 is 11.5 Å². The van der Waals surface area contributed by atoms with E-state index in [1.165, 1.54) is 11.5 Å². The molecular weight excluding hydrogens is 158 g/mol. The zero-order valence-electron chi connectivity index (χ0n) is 6.03. The summed E-state index contributed by atoms with van der Waals surface area (Å²) in [5, 5.41) is 10.2. The molecule has 0 spiro atoms. The molecule has 0 atom stereocenters. The lowest BCUT2D eigenvalue weighted by Crippen LogP contribution is -1.68. The second-order valence-electron chi connectivity index (χ2n) is 2.44. The smallest absolute Gasteiger partial charge is 0.116 e. The zero-order valence-corrected chi connectivity index (χ0v) is 6.85. The van der Waals surface area contributed by atoms with Crippen molar-refractivity contribution < 1.29 is 5.11 Å². The van der Waals surface area contributed by atoms with Crippen molar-refractivity contribution in [3.63, 3.8) is 0 Å². The summed E-state index contributed by atoms with van der Waals surface area (Å²) in [6.45, 7) is 2.00. The second-order valence-corrected chi connectivity index (χ2v) is 3.42. The van der Waals surface area contributed by atoms with Gasteiger partial charge in [0.05, 0.1) is 5.52 Å². The summed E-state index contributed by atoms with van der Waals surface area (Å²) in [5.41, 5.74) is 0.963. The minimum absolute atomic E-state index is 0.306. The van der Waals surface area contributed by atoms with Crippen molar-refractivity contribution in [2.24, 2.45) is 0 Å². The van der Waals surface area contributed by atoms with Crippen molar-refractivity contribution in [2.45, 2.75) is 6.92 Å². The first kappa shape index (κ1) is 6.61. The van der Waals surface area contributed by atoms with Gasteiger partial charge in [0.15, 0.2) is 0 Å². The lowest BCUT2D eigenvalue weighted by Gasteiger charge is -1.90. The Morgan fingerprint density at radius 1 is 1.45 bits per heavy atom. The minimum Gasteiger partial charge on any atom is -0.508 e. The number of benzene rings is 1. The van der Waals surface area contributed by atoms with Crippen LogP contribution in [0.25, 0.3) is 10.9 Å². The van der Waals surface area contributed by atoms with Crippen molar-refractivity contribution in [1.29, 1.82) is 0 Å². The van der Waals surface area contributed by atoms with E-state index in [-0.39, 0.29) is 0 Å². The van der Waals surface area contributed by atoms with E-state index in [2.05, 4.69) is 4.37 Å². The van der Waals surface area contributed by atoms with Crippen LogP contribution in [0, 0.1) is 6.92 Å². The molecule has 3 heteroatoms. The molecule has 1 N–H and O–H groups in total. The van der Waals surface area contributed by atoms with Crippen LogP contribution in [0.3, 0.4) is 0 Å². The van der Waals surface area contributed by atoms with Crippen molar-refractivity contribution in [1.82, 2.24) is 4.37 Å². The number of nitrogens with zero attached hydrogens (tertiary/aromatic N) is 1. The fourth-order valence-corrected chi connectivity index (χ4v) is 1.71. The lowest BCUT2D eigenvalue weighted by atomic mass is 10.2. The maximum Gasteiger partial charge on any atom is 0.116 e. The number of rotatable bonds is 0. The molecule has 1 heterocycles. The predicted octanol–water partition coefficient (Wildman–Crippen LogP) is 2.31. The predicted molar refractivity (Wildman–Crippen MR) is 46.0 cm³/mol. The van der Waals surface area contributed by atoms with Crippen LogP contribution in [0.4, 0.5) is 0 Å². The van der Waals surface area contributed by atoms with Crippen LogP contribution in [0.2, 0.25) is 0 Å². The summed E-state index contributed by atoms with van der Waals surface area (Å²) in [6, 6.07) is 5.23. The normalized spacial score (nSPS) is 10.6. The fourth-order valence-electron chi connectivity index (χ4n) is 1.05. The maximum atomic E-state index is 9.15. The molecule has 0 radical (unpaired) electrons. The Bertz CT molecular complexity index is 394. The molecule has 0 saturated carbocycles. The van der Waals surface area contributed by atoms with Crippen molar-refractivity contribution in [2.75, 3.05) is 0 Å². The third-order valence-corrected chi connectivity index (χ3v) is 2.42. The first-order valence-electron chi connectivity index (χ1n) is 3.32. The highest BCUT2D eigenvalue weighted by molar-refractivity contribution is 7.07. The zero-order chi connectivity index (χ0) is 7.84. The summed E-state index contributed by atoms with van der Waals surface area (Å²) in [4.78, 5) is 1.15. The molecular formula is C8H7NOS. The highest BCUT2D eigenvalue weighted by Crippen LogP contribution is 2.24. The van der Waals surface area contributed by atoms with Gasteiger partial charge < -0.3 is 5.11 Å². The molecule has 2 nitrogen and oxygen atoms in total. The van der Waals surface area contributed by atoms with Crippen LogP contribution in [0.15, 0.2) is 18.2 Å². The molecule has 56 valence electrons. The van der Waals surface area contributed by atoms with Crippen molar-refractivity contribution in [3.05, 3.63) is 23.1 Å². The van der Waals surface area contributed by atoms with Gasteiger partial charge in [0.1, 0.15) is 5.75 Å². The molecule has 0 aliphatic rings. The van der Waals surface area contributed by atoms with Gasteiger partial charge in [0, 0.05) is 10.3 Å². The Morgan fingerprint density at radius 3 is 3.09 bits per heavy atom. The summed E-state index contributed by atoms with van der Waals surface area (Å²) in [6.07, 6.45) is 0. The Kier molecular flexibility index (Phi) is 1.32. The first-order chi connectivity index (χ1) is 5.27. The fraction of sp³-hybridized carbons (Fsp3) is 0.125. The molecule has 0 saturated heterocycles. The van der Waals surface area contributed by atoms with E-state index < -0.39 is 0 Å². The second kappa shape index (κ2) is 2.20. The van der Waals surface area contributed by atoms with Crippen LogP contribution in [-0.2, 0) is 0 Å². The standard InChI is InChI=1S/C8H7NOS/c1-5-7-4-6(10)2-3-8(7)9-11-5/h2-4,10H,1H3. The van der Waals surface area contributed by atoms with Crippen molar-refractivity contribution in [3.8, 4) is 5.75 Å². The monoisotopic (exact) mass is 165 g/mol. The highest BCUT2D eigenvalue weighted by atomic mass is 32.1. The highest BCUT2D eigenvalue weighted by Gasteiger charge is 2.00. The molecule has 2 aromatic rings. The van der Waals surface area contributed by atoms with E-state index in [9.17, 15) is 0 Å². The number of fused-ring (bicyclic) bond motifs is 1. The molecule has 0 fully saturated rings. The Labute approximate surface area is 68.3 Å². The van der Waals surface area contributed by atoms with Gasteiger partial charge in [0.2, 0.25) is 0 Å². The van der Waals surface area contributed by atoms with Crippen LogP contribution < -0.4 is 0 Å². The molecule has 2 rings (SSSR count). The summed E-state index contributed by atoms with van der Waals surface area (Å²) in [7, 11) is 0. The maximum absolute atomic E-state index is 9.15. The van der Waals surface area contributed by atoms with Gasteiger partial charge in [-0.05, 0) is 36.7 Å². The average Bonchev–Trinajstić information content (AvgIpc) is 2.33. The number of aromatic hydroxyl groups is 1. The number of hydrogen-bond donors (Lipinski definition) is 1. The molecule has 0 bridgehead atoms. The summed E-state index contributed by atoms with van der Waals surface area (Å²) >= 11 is 1.47. The summed E-state index contributed by atoms with van der Waals surface area (Å²) < 4.78 is 4.19. The molecule has 0 unspecified atom stereocenters. The van der Waals surface area contributed by atoms with E-state index in [0.717, 1.165) is 15.8 Å². The topological polar surface area (TPSA) is 33.1 Å². The van der Waals surface area contributed by atoms with Gasteiger partial charge in [-0.1, -0.05) is 0 Å². The number of aryl methyl sites for hydroxylation is 1. The van der Waals surface area contributed by atoms with E-state index in [0.29, 0.717) is 5.75 Å². The van der Waals surface area contributed by atoms with E-state index in [4.69, 9.17) is 5.11 Å². The van der Waals surface area contributed by atoms with Gasteiger partial charge in [0.25, 0.3) is 0 Å². The van der Waals surface area contributed by atoms with Crippen LogP contribution in [0.5, 0.6) is 5.75 Å².